The fourth-order valence-electron chi connectivity index (χ4n) is 3.87. The third-order valence-corrected chi connectivity index (χ3v) is 5.07. The highest BCUT2D eigenvalue weighted by Crippen LogP contribution is 2.21. The van der Waals surface area contributed by atoms with E-state index in [2.05, 4.69) is 34.0 Å². The van der Waals surface area contributed by atoms with Crippen LogP contribution in [0.1, 0.15) is 62.8 Å². The molecule has 1 aromatic heterocycles. The van der Waals surface area contributed by atoms with E-state index >= 15 is 0 Å². The molecular weight excluding hydrogens is 272 g/mol. The summed E-state index contributed by atoms with van der Waals surface area (Å²) in [6, 6.07) is 3.49. The van der Waals surface area contributed by atoms with Crippen LogP contribution in [0.5, 0.6) is 0 Å². The van der Waals surface area contributed by atoms with Gasteiger partial charge >= 0.3 is 0 Å². The van der Waals surface area contributed by atoms with Crippen LogP contribution in [0.15, 0.2) is 6.07 Å². The Morgan fingerprint density at radius 1 is 0.864 bits per heavy atom. The number of hydrogen-bond donors (Lipinski definition) is 1. The van der Waals surface area contributed by atoms with Crippen molar-refractivity contribution in [3.63, 3.8) is 0 Å². The Hall–Kier alpha value is -1.16. The summed E-state index contributed by atoms with van der Waals surface area (Å²) in [7, 11) is 0. The van der Waals surface area contributed by atoms with Crippen molar-refractivity contribution in [1.82, 2.24) is 15.3 Å². The topological polar surface area (TPSA) is 41.1 Å². The Balaban J connectivity index is 1.51. The minimum absolute atomic E-state index is 0.685. The highest BCUT2D eigenvalue weighted by atomic mass is 15.3. The van der Waals surface area contributed by atoms with Gasteiger partial charge in [-0.2, -0.15) is 0 Å². The summed E-state index contributed by atoms with van der Waals surface area (Å²) in [5.41, 5.74) is 2.14. The average Bonchev–Trinajstić information content (AvgIpc) is 2.76. The molecular formula is C18H30N4. The van der Waals surface area contributed by atoms with Crippen LogP contribution in [0.2, 0.25) is 0 Å². The first-order chi connectivity index (χ1) is 10.7. The van der Waals surface area contributed by atoms with Gasteiger partial charge in [0.15, 0.2) is 0 Å². The summed E-state index contributed by atoms with van der Waals surface area (Å²) in [6.07, 6.45) is 10.9. The largest absolute Gasteiger partial charge is 0.341 e. The zero-order chi connectivity index (χ0) is 15.4. The third kappa shape index (κ3) is 4.19. The zero-order valence-corrected chi connectivity index (χ0v) is 14.1. The van der Waals surface area contributed by atoms with E-state index in [1.807, 2.05) is 6.07 Å². The number of nitrogens with one attached hydrogen (secondary N) is 1. The summed E-state index contributed by atoms with van der Waals surface area (Å²) in [4.78, 5) is 11.6. The van der Waals surface area contributed by atoms with Gasteiger partial charge in [0.1, 0.15) is 0 Å². The molecule has 4 nitrogen and oxygen atoms in total. The number of aromatic nitrogens is 2. The van der Waals surface area contributed by atoms with Crippen molar-refractivity contribution in [2.24, 2.45) is 0 Å². The van der Waals surface area contributed by atoms with Crippen LogP contribution in [0.4, 0.5) is 5.95 Å². The zero-order valence-electron chi connectivity index (χ0n) is 14.1. The quantitative estimate of drug-likeness (QED) is 0.869. The lowest BCUT2D eigenvalue weighted by molar-refractivity contribution is 0.344. The van der Waals surface area contributed by atoms with Crippen molar-refractivity contribution in [3.05, 3.63) is 17.5 Å². The summed E-state index contributed by atoms with van der Waals surface area (Å²) >= 11 is 0. The third-order valence-electron chi connectivity index (χ3n) is 5.07. The van der Waals surface area contributed by atoms with E-state index in [4.69, 9.17) is 0 Å². The molecule has 122 valence electrons. The lowest BCUT2D eigenvalue weighted by Gasteiger charge is -2.34. The van der Waals surface area contributed by atoms with Crippen LogP contribution in [0, 0.1) is 13.8 Å². The molecule has 1 aliphatic heterocycles. The highest BCUT2D eigenvalue weighted by Gasteiger charge is 2.23. The molecule has 1 N–H and O–H groups in total. The van der Waals surface area contributed by atoms with Crippen LogP contribution in [-0.2, 0) is 0 Å². The molecule has 1 saturated carbocycles. The maximum Gasteiger partial charge on any atom is 0.225 e. The molecule has 0 spiro atoms. The van der Waals surface area contributed by atoms with Crippen molar-refractivity contribution in [2.75, 3.05) is 18.0 Å². The molecule has 1 saturated heterocycles. The van der Waals surface area contributed by atoms with E-state index in [0.29, 0.717) is 6.04 Å². The number of aryl methyl sites for hydroxylation is 2. The number of nitrogens with zero attached hydrogens (tertiary/aromatic N) is 3. The number of anilines is 1. The van der Waals surface area contributed by atoms with Gasteiger partial charge in [0, 0.05) is 36.6 Å². The molecule has 0 aromatic carbocycles. The fraction of sp³-hybridized carbons (Fsp3) is 0.778. The van der Waals surface area contributed by atoms with Gasteiger partial charge in [0.25, 0.3) is 0 Å². The van der Waals surface area contributed by atoms with Gasteiger partial charge in [0.2, 0.25) is 5.95 Å². The molecule has 2 fully saturated rings. The summed E-state index contributed by atoms with van der Waals surface area (Å²) < 4.78 is 0. The lowest BCUT2D eigenvalue weighted by atomic mass is 10.0. The van der Waals surface area contributed by atoms with Gasteiger partial charge in [-0.3, -0.25) is 0 Å². The summed E-state index contributed by atoms with van der Waals surface area (Å²) in [5.74, 6) is 0.922. The molecule has 1 aliphatic carbocycles. The van der Waals surface area contributed by atoms with Crippen LogP contribution >= 0.6 is 0 Å². The second kappa shape index (κ2) is 7.40. The summed E-state index contributed by atoms with van der Waals surface area (Å²) in [6.45, 7) is 6.26. The van der Waals surface area contributed by atoms with Crippen LogP contribution in [0.25, 0.3) is 0 Å². The van der Waals surface area contributed by atoms with E-state index in [-0.39, 0.29) is 0 Å². The second-order valence-corrected chi connectivity index (χ2v) is 7.07. The standard InChI is InChI=1S/C18H30N4/c1-14-13-15(2)20-18(19-14)22-11-9-17(10-12-22)21-16-7-5-3-4-6-8-16/h13,16-17,21H,3-12H2,1-2H3. The van der Waals surface area contributed by atoms with Crippen molar-refractivity contribution in [2.45, 2.75) is 77.3 Å². The van der Waals surface area contributed by atoms with Gasteiger partial charge < -0.3 is 10.2 Å². The molecule has 0 bridgehead atoms. The molecule has 22 heavy (non-hydrogen) atoms. The Labute approximate surface area is 134 Å². The molecule has 0 unspecified atom stereocenters. The van der Waals surface area contributed by atoms with Crippen molar-refractivity contribution in [3.8, 4) is 0 Å². The minimum Gasteiger partial charge on any atom is -0.341 e. The van der Waals surface area contributed by atoms with Gasteiger partial charge in [-0.25, -0.2) is 9.97 Å². The van der Waals surface area contributed by atoms with Crippen molar-refractivity contribution < 1.29 is 0 Å². The molecule has 0 atom stereocenters. The maximum absolute atomic E-state index is 4.61. The van der Waals surface area contributed by atoms with Crippen molar-refractivity contribution >= 4 is 5.95 Å². The van der Waals surface area contributed by atoms with Crippen LogP contribution in [-0.4, -0.2) is 35.1 Å². The molecule has 2 heterocycles. The average molecular weight is 302 g/mol. The lowest BCUT2D eigenvalue weighted by Crippen LogP contribution is -2.46. The Morgan fingerprint density at radius 3 is 2.00 bits per heavy atom. The van der Waals surface area contributed by atoms with E-state index in [0.717, 1.165) is 36.5 Å². The molecule has 0 amide bonds. The van der Waals surface area contributed by atoms with Crippen molar-refractivity contribution in [1.29, 1.82) is 0 Å². The predicted molar refractivity (Wildman–Crippen MR) is 91.4 cm³/mol. The SMILES string of the molecule is Cc1cc(C)nc(N2CCC(NC3CCCCCC3)CC2)n1. The van der Waals surface area contributed by atoms with Crippen LogP contribution in [0.3, 0.4) is 0 Å². The predicted octanol–water partition coefficient (Wildman–Crippen LogP) is 3.37. The highest BCUT2D eigenvalue weighted by molar-refractivity contribution is 5.32. The van der Waals surface area contributed by atoms with E-state index < -0.39 is 0 Å². The molecule has 0 radical (unpaired) electrons. The Morgan fingerprint density at radius 2 is 1.41 bits per heavy atom. The minimum atomic E-state index is 0.685. The van der Waals surface area contributed by atoms with Gasteiger partial charge in [-0.1, -0.05) is 25.7 Å². The van der Waals surface area contributed by atoms with E-state index in [1.54, 1.807) is 0 Å². The first-order valence-corrected chi connectivity index (χ1v) is 9.04. The molecule has 4 heteroatoms. The first kappa shape index (κ1) is 15.7. The number of piperidine rings is 1. The van der Waals surface area contributed by atoms with E-state index in [9.17, 15) is 0 Å². The fourth-order valence-corrected chi connectivity index (χ4v) is 3.87. The normalized spacial score (nSPS) is 21.8. The van der Waals surface area contributed by atoms with E-state index in [1.165, 1.54) is 51.4 Å². The van der Waals surface area contributed by atoms with Gasteiger partial charge in [-0.05, 0) is 45.6 Å². The first-order valence-electron chi connectivity index (χ1n) is 9.04. The van der Waals surface area contributed by atoms with Gasteiger partial charge in [0.05, 0.1) is 0 Å². The number of rotatable bonds is 3. The molecule has 2 aliphatic rings. The maximum atomic E-state index is 4.61. The van der Waals surface area contributed by atoms with Crippen LogP contribution < -0.4 is 10.2 Å². The number of hydrogen-bond acceptors (Lipinski definition) is 4. The Bertz CT molecular complexity index is 452. The summed E-state index contributed by atoms with van der Waals surface area (Å²) in [5, 5.41) is 3.93. The van der Waals surface area contributed by atoms with Gasteiger partial charge in [-0.15, -0.1) is 0 Å². The Kier molecular flexibility index (Phi) is 5.29. The second-order valence-electron chi connectivity index (χ2n) is 7.07. The molecule has 1 aromatic rings. The smallest absolute Gasteiger partial charge is 0.225 e. The monoisotopic (exact) mass is 302 g/mol. The molecule has 3 rings (SSSR count).